The number of hydrogen-bond donors (Lipinski definition) is 3. The molecule has 1 aliphatic rings. The van der Waals surface area contributed by atoms with Crippen LogP contribution in [0.25, 0.3) is 0 Å². The normalized spacial score (nSPS) is 21.2. The van der Waals surface area contributed by atoms with E-state index >= 15 is 0 Å². The molecule has 0 bridgehead atoms. The maximum Gasteiger partial charge on any atom is 0.191 e. The lowest BCUT2D eigenvalue weighted by atomic mass is 9.87. The van der Waals surface area contributed by atoms with Gasteiger partial charge in [0.2, 0.25) is 0 Å². The topological polar surface area (TPSA) is 48.5 Å². The standard InChI is InChI=1S/C18H30N4.HI/c1-15-9-11-17(12-10-15)22-18(19-2)21-14-6-13-20-16-7-4-3-5-8-16;/h3-5,7-8,15,17,20H,6,9-14H2,1-2H3,(H2,19,21,22);1H. The highest BCUT2D eigenvalue weighted by atomic mass is 127. The number of rotatable bonds is 6. The van der Waals surface area contributed by atoms with E-state index in [4.69, 9.17) is 0 Å². The number of hydrogen-bond acceptors (Lipinski definition) is 2. The number of nitrogens with zero attached hydrogens (tertiary/aromatic N) is 1. The maximum atomic E-state index is 4.33. The summed E-state index contributed by atoms with van der Waals surface area (Å²) in [5, 5.41) is 10.4. The average Bonchev–Trinajstić information content (AvgIpc) is 2.56. The van der Waals surface area contributed by atoms with Crippen LogP contribution < -0.4 is 16.0 Å². The Kier molecular flexibility index (Phi) is 10.1. The van der Waals surface area contributed by atoms with Crippen molar-refractivity contribution in [2.45, 2.75) is 45.1 Å². The molecule has 23 heavy (non-hydrogen) atoms. The molecule has 3 N–H and O–H groups in total. The van der Waals surface area contributed by atoms with Gasteiger partial charge in [-0.1, -0.05) is 25.1 Å². The summed E-state index contributed by atoms with van der Waals surface area (Å²) >= 11 is 0. The summed E-state index contributed by atoms with van der Waals surface area (Å²) in [6.07, 6.45) is 6.25. The van der Waals surface area contributed by atoms with E-state index in [-0.39, 0.29) is 24.0 Å². The average molecular weight is 430 g/mol. The molecule has 4 nitrogen and oxygen atoms in total. The predicted octanol–water partition coefficient (Wildman–Crippen LogP) is 3.85. The van der Waals surface area contributed by atoms with E-state index in [1.54, 1.807) is 0 Å². The highest BCUT2D eigenvalue weighted by Gasteiger charge is 2.18. The molecule has 1 fully saturated rings. The number of halogens is 1. The van der Waals surface area contributed by atoms with Crippen LogP contribution in [0.1, 0.15) is 39.0 Å². The van der Waals surface area contributed by atoms with E-state index in [1.165, 1.54) is 31.4 Å². The number of aliphatic imine (C=N–C) groups is 1. The minimum Gasteiger partial charge on any atom is -0.385 e. The first-order valence-corrected chi connectivity index (χ1v) is 8.54. The summed E-state index contributed by atoms with van der Waals surface area (Å²) in [5.74, 6) is 1.83. The molecule has 0 spiro atoms. The SMILES string of the molecule is CN=C(NCCCNc1ccccc1)NC1CCC(C)CC1.I. The number of anilines is 1. The summed E-state index contributed by atoms with van der Waals surface area (Å²) in [6.45, 7) is 4.25. The summed E-state index contributed by atoms with van der Waals surface area (Å²) in [5.41, 5.74) is 1.18. The number of guanidine groups is 1. The lowest BCUT2D eigenvalue weighted by molar-refractivity contribution is 0.329. The molecule has 130 valence electrons. The Bertz CT molecular complexity index is 442. The van der Waals surface area contributed by atoms with Crippen LogP contribution in [0.3, 0.4) is 0 Å². The molecule has 1 aromatic carbocycles. The zero-order chi connectivity index (χ0) is 15.6. The number of para-hydroxylation sites is 1. The van der Waals surface area contributed by atoms with E-state index in [9.17, 15) is 0 Å². The zero-order valence-corrected chi connectivity index (χ0v) is 16.7. The van der Waals surface area contributed by atoms with Gasteiger partial charge < -0.3 is 16.0 Å². The Morgan fingerprint density at radius 2 is 1.78 bits per heavy atom. The fourth-order valence-electron chi connectivity index (χ4n) is 2.88. The van der Waals surface area contributed by atoms with E-state index < -0.39 is 0 Å². The van der Waals surface area contributed by atoms with Crippen LogP contribution >= 0.6 is 24.0 Å². The van der Waals surface area contributed by atoms with Crippen molar-refractivity contribution in [3.05, 3.63) is 30.3 Å². The Hall–Kier alpha value is -0.980. The molecular formula is C18H31IN4. The van der Waals surface area contributed by atoms with Gasteiger partial charge in [0, 0.05) is 31.9 Å². The summed E-state index contributed by atoms with van der Waals surface area (Å²) < 4.78 is 0. The predicted molar refractivity (Wildman–Crippen MR) is 111 cm³/mol. The van der Waals surface area contributed by atoms with Crippen molar-refractivity contribution < 1.29 is 0 Å². The van der Waals surface area contributed by atoms with Crippen molar-refractivity contribution in [3.63, 3.8) is 0 Å². The zero-order valence-electron chi connectivity index (χ0n) is 14.3. The van der Waals surface area contributed by atoms with Gasteiger partial charge in [0.1, 0.15) is 0 Å². The fourth-order valence-corrected chi connectivity index (χ4v) is 2.88. The molecule has 0 aromatic heterocycles. The number of benzene rings is 1. The summed E-state index contributed by atoms with van der Waals surface area (Å²) in [6, 6.07) is 10.9. The van der Waals surface area contributed by atoms with Gasteiger partial charge in [-0.05, 0) is 50.2 Å². The van der Waals surface area contributed by atoms with Gasteiger partial charge in [-0.2, -0.15) is 0 Å². The lowest BCUT2D eigenvalue weighted by Gasteiger charge is -2.28. The quantitative estimate of drug-likeness (QED) is 0.278. The van der Waals surface area contributed by atoms with Crippen molar-refractivity contribution in [2.24, 2.45) is 10.9 Å². The van der Waals surface area contributed by atoms with Crippen LogP contribution in [0.15, 0.2) is 35.3 Å². The molecule has 0 saturated heterocycles. The first-order chi connectivity index (χ1) is 10.8. The van der Waals surface area contributed by atoms with E-state index in [1.807, 2.05) is 13.1 Å². The smallest absolute Gasteiger partial charge is 0.191 e. The molecule has 1 aliphatic carbocycles. The second kappa shape index (κ2) is 11.5. The van der Waals surface area contributed by atoms with Gasteiger partial charge >= 0.3 is 0 Å². The molecule has 2 rings (SSSR count). The van der Waals surface area contributed by atoms with Crippen LogP contribution in [0.4, 0.5) is 5.69 Å². The largest absolute Gasteiger partial charge is 0.385 e. The fraction of sp³-hybridized carbons (Fsp3) is 0.611. The summed E-state index contributed by atoms with van der Waals surface area (Å²) in [7, 11) is 1.85. The van der Waals surface area contributed by atoms with Crippen molar-refractivity contribution in [1.29, 1.82) is 0 Å². The summed E-state index contributed by atoms with van der Waals surface area (Å²) in [4.78, 5) is 4.33. The molecule has 0 unspecified atom stereocenters. The molecule has 5 heteroatoms. The molecule has 0 heterocycles. The van der Waals surface area contributed by atoms with Crippen molar-refractivity contribution in [2.75, 3.05) is 25.5 Å². The molecule has 1 saturated carbocycles. The van der Waals surface area contributed by atoms with Crippen LogP contribution in [0, 0.1) is 5.92 Å². The van der Waals surface area contributed by atoms with E-state index in [0.29, 0.717) is 6.04 Å². The van der Waals surface area contributed by atoms with Crippen molar-refractivity contribution in [3.8, 4) is 0 Å². The van der Waals surface area contributed by atoms with Crippen molar-refractivity contribution in [1.82, 2.24) is 10.6 Å². The molecule has 0 amide bonds. The molecular weight excluding hydrogens is 399 g/mol. The second-order valence-electron chi connectivity index (χ2n) is 6.25. The molecule has 0 atom stereocenters. The maximum absolute atomic E-state index is 4.33. The first kappa shape index (κ1) is 20.1. The first-order valence-electron chi connectivity index (χ1n) is 8.54. The lowest BCUT2D eigenvalue weighted by Crippen LogP contribution is -2.45. The van der Waals surface area contributed by atoms with Crippen LogP contribution in [-0.4, -0.2) is 32.1 Å². The van der Waals surface area contributed by atoms with E-state index in [2.05, 4.69) is 52.1 Å². The van der Waals surface area contributed by atoms with Gasteiger partial charge in [-0.3, -0.25) is 4.99 Å². The Morgan fingerprint density at radius 3 is 2.43 bits per heavy atom. The Morgan fingerprint density at radius 1 is 1.09 bits per heavy atom. The monoisotopic (exact) mass is 430 g/mol. The third kappa shape index (κ3) is 7.90. The Labute approximate surface area is 157 Å². The molecule has 0 radical (unpaired) electrons. The van der Waals surface area contributed by atoms with Gasteiger partial charge in [-0.25, -0.2) is 0 Å². The highest BCUT2D eigenvalue weighted by Crippen LogP contribution is 2.23. The highest BCUT2D eigenvalue weighted by molar-refractivity contribution is 14.0. The van der Waals surface area contributed by atoms with Gasteiger partial charge in [0.25, 0.3) is 0 Å². The second-order valence-corrected chi connectivity index (χ2v) is 6.25. The van der Waals surface area contributed by atoms with Gasteiger partial charge in [0.05, 0.1) is 0 Å². The van der Waals surface area contributed by atoms with E-state index in [0.717, 1.165) is 31.4 Å². The molecule has 0 aliphatic heterocycles. The van der Waals surface area contributed by atoms with Crippen LogP contribution in [0.2, 0.25) is 0 Å². The van der Waals surface area contributed by atoms with Crippen LogP contribution in [-0.2, 0) is 0 Å². The van der Waals surface area contributed by atoms with Crippen LogP contribution in [0.5, 0.6) is 0 Å². The number of nitrogens with one attached hydrogen (secondary N) is 3. The minimum atomic E-state index is 0. The third-order valence-corrected chi connectivity index (χ3v) is 4.33. The van der Waals surface area contributed by atoms with Crippen molar-refractivity contribution >= 4 is 35.6 Å². The van der Waals surface area contributed by atoms with Gasteiger partial charge in [0.15, 0.2) is 5.96 Å². The third-order valence-electron chi connectivity index (χ3n) is 4.33. The minimum absolute atomic E-state index is 0. The Balaban J connectivity index is 0.00000264. The van der Waals surface area contributed by atoms with Gasteiger partial charge in [-0.15, -0.1) is 24.0 Å². The molecule has 1 aromatic rings.